The van der Waals surface area contributed by atoms with Crippen molar-refractivity contribution in [1.29, 1.82) is 0 Å². The van der Waals surface area contributed by atoms with Gasteiger partial charge < -0.3 is 19.9 Å². The van der Waals surface area contributed by atoms with Crippen LogP contribution in [0.2, 0.25) is 0 Å². The molecule has 0 atom stereocenters. The molecule has 0 aromatic heterocycles. The number of phenolic OH excluding ortho intramolecular Hbond substituents is 1. The Kier molecular flexibility index (Phi) is 5.10. The van der Waals surface area contributed by atoms with Crippen molar-refractivity contribution in [3.63, 3.8) is 0 Å². The number of rotatable bonds is 6. The van der Waals surface area contributed by atoms with Crippen LogP contribution < -0.4 is 14.8 Å². The lowest BCUT2D eigenvalue weighted by Gasteiger charge is -2.12. The topological polar surface area (TPSA) is 50.7 Å². The van der Waals surface area contributed by atoms with Gasteiger partial charge in [-0.3, -0.25) is 0 Å². The van der Waals surface area contributed by atoms with Crippen molar-refractivity contribution in [3.8, 4) is 17.2 Å². The molecule has 1 rings (SSSR count). The van der Waals surface area contributed by atoms with Crippen molar-refractivity contribution in [1.82, 2.24) is 5.32 Å². The minimum Gasteiger partial charge on any atom is -0.502 e. The maximum absolute atomic E-state index is 9.76. The molecule has 0 saturated carbocycles. The van der Waals surface area contributed by atoms with E-state index in [4.69, 9.17) is 9.47 Å². The number of methoxy groups -OCH3 is 2. The van der Waals surface area contributed by atoms with Crippen LogP contribution in [0.5, 0.6) is 17.2 Å². The van der Waals surface area contributed by atoms with Gasteiger partial charge >= 0.3 is 0 Å². The SMILES string of the molecule is COc1cc(CNCC(C)C)cc(OC)c1O. The minimum atomic E-state index is 0.0441. The van der Waals surface area contributed by atoms with Gasteiger partial charge in [0, 0.05) is 6.54 Å². The number of aromatic hydroxyl groups is 1. The third-order valence-corrected chi connectivity index (χ3v) is 2.42. The summed E-state index contributed by atoms with van der Waals surface area (Å²) >= 11 is 0. The molecule has 0 fully saturated rings. The first-order valence-corrected chi connectivity index (χ1v) is 5.73. The molecule has 0 aliphatic heterocycles. The summed E-state index contributed by atoms with van der Waals surface area (Å²) in [5.41, 5.74) is 1.03. The van der Waals surface area contributed by atoms with Gasteiger partial charge in [0.05, 0.1) is 14.2 Å². The number of hydrogen-bond acceptors (Lipinski definition) is 4. The van der Waals surface area contributed by atoms with E-state index < -0.39 is 0 Å². The van der Waals surface area contributed by atoms with E-state index in [1.54, 1.807) is 0 Å². The molecule has 0 radical (unpaired) electrons. The Bertz CT molecular complexity index is 339. The second-order valence-corrected chi connectivity index (χ2v) is 4.37. The van der Waals surface area contributed by atoms with E-state index in [1.807, 2.05) is 12.1 Å². The lowest BCUT2D eigenvalue weighted by Crippen LogP contribution is -2.18. The van der Waals surface area contributed by atoms with Crippen LogP contribution in [0.1, 0.15) is 19.4 Å². The lowest BCUT2D eigenvalue weighted by molar-refractivity contribution is 0.339. The molecular formula is C13H21NO3. The van der Waals surface area contributed by atoms with Crippen molar-refractivity contribution in [3.05, 3.63) is 17.7 Å². The smallest absolute Gasteiger partial charge is 0.200 e. The average Bonchev–Trinajstić information content (AvgIpc) is 2.30. The van der Waals surface area contributed by atoms with E-state index in [0.717, 1.165) is 18.7 Å². The maximum Gasteiger partial charge on any atom is 0.200 e. The van der Waals surface area contributed by atoms with E-state index in [1.165, 1.54) is 14.2 Å². The highest BCUT2D eigenvalue weighted by molar-refractivity contribution is 5.52. The number of hydrogen-bond donors (Lipinski definition) is 2. The van der Waals surface area contributed by atoms with Gasteiger partial charge in [-0.05, 0) is 30.2 Å². The van der Waals surface area contributed by atoms with Crippen LogP contribution in [0.15, 0.2) is 12.1 Å². The maximum atomic E-state index is 9.76. The molecule has 0 saturated heterocycles. The molecule has 0 spiro atoms. The van der Waals surface area contributed by atoms with Crippen molar-refractivity contribution in [2.45, 2.75) is 20.4 Å². The van der Waals surface area contributed by atoms with Crippen molar-refractivity contribution < 1.29 is 14.6 Å². The largest absolute Gasteiger partial charge is 0.502 e. The fourth-order valence-corrected chi connectivity index (χ4v) is 1.56. The van der Waals surface area contributed by atoms with Gasteiger partial charge in [-0.2, -0.15) is 0 Å². The summed E-state index contributed by atoms with van der Waals surface area (Å²) in [6.45, 7) is 5.99. The zero-order chi connectivity index (χ0) is 12.8. The summed E-state index contributed by atoms with van der Waals surface area (Å²) in [7, 11) is 3.06. The Hall–Kier alpha value is -1.42. The van der Waals surface area contributed by atoms with Crippen LogP contribution in [0.25, 0.3) is 0 Å². The Morgan fingerprint density at radius 2 is 1.71 bits per heavy atom. The standard InChI is InChI=1S/C13H21NO3/c1-9(2)7-14-8-10-5-11(16-3)13(15)12(6-10)17-4/h5-6,9,14-15H,7-8H2,1-4H3. The predicted molar refractivity (Wildman–Crippen MR) is 67.8 cm³/mol. The zero-order valence-electron chi connectivity index (χ0n) is 10.9. The van der Waals surface area contributed by atoms with Crippen LogP contribution in [0.3, 0.4) is 0 Å². The quantitative estimate of drug-likeness (QED) is 0.798. The van der Waals surface area contributed by atoms with Crippen molar-refractivity contribution >= 4 is 0 Å². The Balaban J connectivity index is 2.78. The van der Waals surface area contributed by atoms with E-state index >= 15 is 0 Å². The number of ether oxygens (including phenoxy) is 2. The minimum absolute atomic E-state index is 0.0441. The highest BCUT2D eigenvalue weighted by atomic mass is 16.5. The monoisotopic (exact) mass is 239 g/mol. The molecule has 2 N–H and O–H groups in total. The molecule has 0 aliphatic carbocycles. The molecular weight excluding hydrogens is 218 g/mol. The molecule has 0 unspecified atom stereocenters. The van der Waals surface area contributed by atoms with E-state index in [2.05, 4.69) is 19.2 Å². The third kappa shape index (κ3) is 3.82. The number of benzene rings is 1. The summed E-state index contributed by atoms with van der Waals surface area (Å²) < 4.78 is 10.2. The third-order valence-electron chi connectivity index (χ3n) is 2.42. The summed E-state index contributed by atoms with van der Waals surface area (Å²) in [5, 5.41) is 13.1. The molecule has 0 aliphatic rings. The van der Waals surface area contributed by atoms with Gasteiger partial charge in [0.15, 0.2) is 11.5 Å². The zero-order valence-corrected chi connectivity index (χ0v) is 10.9. The van der Waals surface area contributed by atoms with Crippen LogP contribution in [0.4, 0.5) is 0 Å². The fourth-order valence-electron chi connectivity index (χ4n) is 1.56. The molecule has 4 heteroatoms. The van der Waals surface area contributed by atoms with Gasteiger partial charge in [-0.15, -0.1) is 0 Å². The first-order valence-electron chi connectivity index (χ1n) is 5.73. The highest BCUT2D eigenvalue weighted by Crippen LogP contribution is 2.36. The molecule has 4 nitrogen and oxygen atoms in total. The van der Waals surface area contributed by atoms with Gasteiger partial charge in [0.2, 0.25) is 5.75 Å². The number of phenols is 1. The average molecular weight is 239 g/mol. The first-order chi connectivity index (χ1) is 8.08. The molecule has 0 bridgehead atoms. The summed E-state index contributed by atoms with van der Waals surface area (Å²) in [4.78, 5) is 0. The normalized spacial score (nSPS) is 10.6. The van der Waals surface area contributed by atoms with Crippen LogP contribution in [-0.2, 0) is 6.54 Å². The molecule has 0 amide bonds. The van der Waals surface area contributed by atoms with Crippen LogP contribution in [0, 0.1) is 5.92 Å². The highest BCUT2D eigenvalue weighted by Gasteiger charge is 2.10. The van der Waals surface area contributed by atoms with Crippen LogP contribution >= 0.6 is 0 Å². The van der Waals surface area contributed by atoms with E-state index in [9.17, 15) is 5.11 Å². The van der Waals surface area contributed by atoms with Crippen molar-refractivity contribution in [2.75, 3.05) is 20.8 Å². The van der Waals surface area contributed by atoms with E-state index in [0.29, 0.717) is 17.4 Å². The van der Waals surface area contributed by atoms with Crippen molar-refractivity contribution in [2.24, 2.45) is 5.92 Å². The summed E-state index contributed by atoms with van der Waals surface area (Å²) in [6.07, 6.45) is 0. The Morgan fingerprint density at radius 3 is 2.12 bits per heavy atom. The summed E-state index contributed by atoms with van der Waals surface area (Å²) in [6, 6.07) is 3.62. The van der Waals surface area contributed by atoms with Gasteiger partial charge in [0.1, 0.15) is 0 Å². The van der Waals surface area contributed by atoms with Gasteiger partial charge in [0.25, 0.3) is 0 Å². The van der Waals surface area contributed by atoms with Gasteiger partial charge in [-0.1, -0.05) is 13.8 Å². The second kappa shape index (κ2) is 6.35. The molecule has 1 aromatic carbocycles. The second-order valence-electron chi connectivity index (χ2n) is 4.37. The number of nitrogens with one attached hydrogen (secondary N) is 1. The molecule has 17 heavy (non-hydrogen) atoms. The molecule has 1 aromatic rings. The lowest BCUT2D eigenvalue weighted by atomic mass is 10.1. The Labute approximate surface area is 103 Å². The fraction of sp³-hybridized carbons (Fsp3) is 0.538. The van der Waals surface area contributed by atoms with Gasteiger partial charge in [-0.25, -0.2) is 0 Å². The molecule has 0 heterocycles. The first kappa shape index (κ1) is 13.6. The summed E-state index contributed by atoms with van der Waals surface area (Å²) in [5.74, 6) is 1.52. The molecule has 96 valence electrons. The van der Waals surface area contributed by atoms with E-state index in [-0.39, 0.29) is 5.75 Å². The van der Waals surface area contributed by atoms with Crippen LogP contribution in [-0.4, -0.2) is 25.9 Å². The Morgan fingerprint density at radius 1 is 1.18 bits per heavy atom. The predicted octanol–water partition coefficient (Wildman–Crippen LogP) is 2.16.